The number of benzene rings is 2. The van der Waals surface area contributed by atoms with Crippen LogP contribution < -0.4 is 15.9 Å². The van der Waals surface area contributed by atoms with Gasteiger partial charge in [0.05, 0.1) is 16.5 Å². The third kappa shape index (κ3) is 5.06. The molecule has 0 atom stereocenters. The minimum absolute atomic E-state index is 0.0302. The van der Waals surface area contributed by atoms with Crippen molar-refractivity contribution in [3.05, 3.63) is 64.2 Å². The quantitative estimate of drug-likeness (QED) is 0.428. The summed E-state index contributed by atoms with van der Waals surface area (Å²) in [5, 5.41) is 11.6. The zero-order chi connectivity index (χ0) is 20.1. The summed E-state index contributed by atoms with van der Waals surface area (Å²) >= 11 is 12.9. The Balaban J connectivity index is 1.55. The molecule has 1 amide bonds. The number of rotatable bonds is 7. The number of aromatic nitrogens is 3. The van der Waals surface area contributed by atoms with Gasteiger partial charge < -0.3 is 15.9 Å². The van der Waals surface area contributed by atoms with Crippen LogP contribution in [0.3, 0.4) is 0 Å². The smallest absolute Gasteiger partial charge is 0.234 e. The van der Waals surface area contributed by atoms with Crippen LogP contribution in [0.4, 0.5) is 10.1 Å². The highest BCUT2D eigenvalue weighted by molar-refractivity contribution is 7.99. The van der Waals surface area contributed by atoms with Gasteiger partial charge in [-0.05, 0) is 30.3 Å². The van der Waals surface area contributed by atoms with E-state index >= 15 is 0 Å². The van der Waals surface area contributed by atoms with Crippen molar-refractivity contribution in [2.45, 2.75) is 11.8 Å². The van der Waals surface area contributed by atoms with Gasteiger partial charge in [-0.15, -0.1) is 10.2 Å². The van der Waals surface area contributed by atoms with Crippen LogP contribution in [-0.4, -0.2) is 26.5 Å². The Morgan fingerprint density at radius 3 is 2.79 bits per heavy atom. The second-order valence-electron chi connectivity index (χ2n) is 5.45. The van der Waals surface area contributed by atoms with Crippen LogP contribution in [0.5, 0.6) is 5.75 Å². The maximum Gasteiger partial charge on any atom is 0.234 e. The highest BCUT2D eigenvalue weighted by Gasteiger charge is 2.14. The first-order valence-electron chi connectivity index (χ1n) is 7.88. The number of hydrogen-bond donors (Lipinski definition) is 2. The van der Waals surface area contributed by atoms with Gasteiger partial charge in [0, 0.05) is 5.02 Å². The van der Waals surface area contributed by atoms with Crippen molar-refractivity contribution in [2.24, 2.45) is 0 Å². The van der Waals surface area contributed by atoms with E-state index in [2.05, 4.69) is 15.5 Å². The third-order valence-corrected chi connectivity index (χ3v) is 4.96. The number of carbonyl (C=O) groups is 1. The number of thioether (sulfide) groups is 1. The van der Waals surface area contributed by atoms with Gasteiger partial charge in [-0.3, -0.25) is 4.79 Å². The Labute approximate surface area is 173 Å². The molecule has 0 saturated carbocycles. The maximum atomic E-state index is 13.6. The second kappa shape index (κ2) is 9.13. The van der Waals surface area contributed by atoms with Crippen LogP contribution in [-0.2, 0) is 11.4 Å². The lowest BCUT2D eigenvalue weighted by Gasteiger charge is -2.08. The van der Waals surface area contributed by atoms with Crippen LogP contribution >= 0.6 is 35.0 Å². The first kappa shape index (κ1) is 20.2. The van der Waals surface area contributed by atoms with E-state index in [1.165, 1.54) is 22.9 Å². The third-order valence-electron chi connectivity index (χ3n) is 3.47. The van der Waals surface area contributed by atoms with Crippen molar-refractivity contribution in [1.82, 2.24) is 14.9 Å². The fourth-order valence-electron chi connectivity index (χ4n) is 2.12. The highest BCUT2D eigenvalue weighted by atomic mass is 35.5. The average molecular weight is 442 g/mol. The lowest BCUT2D eigenvalue weighted by Crippen LogP contribution is -2.18. The fraction of sp³-hybridized carbons (Fsp3) is 0.118. The molecule has 2 aromatic carbocycles. The average Bonchev–Trinajstić information content (AvgIpc) is 3.01. The zero-order valence-corrected chi connectivity index (χ0v) is 16.6. The SMILES string of the molecule is Nn1c(COc2ccccc2F)nnc1SCC(=O)Nc1ccc(Cl)cc1Cl. The first-order chi connectivity index (χ1) is 13.4. The number of nitrogens with zero attached hydrogens (tertiary/aromatic N) is 3. The molecule has 0 radical (unpaired) electrons. The molecular formula is C17H14Cl2FN5O2S. The van der Waals surface area contributed by atoms with Gasteiger partial charge in [-0.25, -0.2) is 9.07 Å². The molecular weight excluding hydrogens is 428 g/mol. The first-order valence-corrected chi connectivity index (χ1v) is 9.62. The molecule has 11 heteroatoms. The van der Waals surface area contributed by atoms with Gasteiger partial charge in [0.2, 0.25) is 11.1 Å². The van der Waals surface area contributed by atoms with Crippen LogP contribution in [0.1, 0.15) is 5.82 Å². The Morgan fingerprint density at radius 2 is 2.04 bits per heavy atom. The minimum Gasteiger partial charge on any atom is -0.482 e. The van der Waals surface area contributed by atoms with Crippen molar-refractivity contribution in [3.63, 3.8) is 0 Å². The Morgan fingerprint density at radius 1 is 1.25 bits per heavy atom. The number of nitrogens with two attached hydrogens (primary N) is 1. The molecule has 28 heavy (non-hydrogen) atoms. The summed E-state index contributed by atoms with van der Waals surface area (Å²) in [4.78, 5) is 12.1. The topological polar surface area (TPSA) is 95.1 Å². The molecule has 1 aromatic heterocycles. The van der Waals surface area contributed by atoms with Gasteiger partial charge in [0.25, 0.3) is 0 Å². The minimum atomic E-state index is -0.488. The predicted molar refractivity (Wildman–Crippen MR) is 107 cm³/mol. The molecule has 0 aliphatic carbocycles. The lowest BCUT2D eigenvalue weighted by molar-refractivity contribution is -0.113. The summed E-state index contributed by atoms with van der Waals surface area (Å²) in [6.45, 7) is -0.0719. The lowest BCUT2D eigenvalue weighted by atomic mass is 10.3. The molecule has 3 N–H and O–H groups in total. The van der Waals surface area contributed by atoms with E-state index in [9.17, 15) is 9.18 Å². The molecule has 0 unspecified atom stereocenters. The maximum absolute atomic E-state index is 13.6. The summed E-state index contributed by atoms with van der Waals surface area (Å²) in [6, 6.07) is 10.8. The molecule has 146 valence electrons. The van der Waals surface area contributed by atoms with Gasteiger partial charge in [0.1, 0.15) is 6.61 Å². The number of anilines is 1. The van der Waals surface area contributed by atoms with E-state index in [0.29, 0.717) is 20.9 Å². The zero-order valence-electron chi connectivity index (χ0n) is 14.2. The summed E-state index contributed by atoms with van der Waals surface area (Å²) in [5.74, 6) is 5.52. The number of amides is 1. The van der Waals surface area contributed by atoms with Crippen molar-refractivity contribution < 1.29 is 13.9 Å². The number of carbonyl (C=O) groups excluding carboxylic acids is 1. The van der Waals surface area contributed by atoms with Crippen molar-refractivity contribution in [2.75, 3.05) is 16.9 Å². The molecule has 7 nitrogen and oxygen atoms in total. The highest BCUT2D eigenvalue weighted by Crippen LogP contribution is 2.26. The number of para-hydroxylation sites is 1. The van der Waals surface area contributed by atoms with E-state index in [-0.39, 0.29) is 29.8 Å². The summed E-state index contributed by atoms with van der Waals surface area (Å²) in [7, 11) is 0. The van der Waals surface area contributed by atoms with Crippen LogP contribution in [0, 0.1) is 5.82 Å². The number of hydrogen-bond acceptors (Lipinski definition) is 6. The largest absolute Gasteiger partial charge is 0.482 e. The van der Waals surface area contributed by atoms with Crippen LogP contribution in [0.2, 0.25) is 10.0 Å². The molecule has 0 fully saturated rings. The van der Waals surface area contributed by atoms with Crippen LogP contribution in [0.15, 0.2) is 47.6 Å². The summed E-state index contributed by atoms with van der Waals surface area (Å²) in [6.07, 6.45) is 0. The molecule has 0 aliphatic rings. The standard InChI is InChI=1S/C17H14Cl2FN5O2S/c18-10-5-6-13(11(19)7-10)22-16(26)9-28-17-24-23-15(25(17)21)8-27-14-4-2-1-3-12(14)20/h1-7H,8-9,21H2,(H,22,26). The molecule has 3 aromatic rings. The second-order valence-corrected chi connectivity index (χ2v) is 7.24. The molecule has 0 spiro atoms. The predicted octanol–water partition coefficient (Wildman–Crippen LogP) is 3.75. The van der Waals surface area contributed by atoms with E-state index in [1.807, 2.05) is 0 Å². The molecule has 0 saturated heterocycles. The Kier molecular flexibility index (Phi) is 6.61. The fourth-order valence-corrected chi connectivity index (χ4v) is 3.25. The van der Waals surface area contributed by atoms with Gasteiger partial charge in [0.15, 0.2) is 17.4 Å². The summed E-state index contributed by atoms with van der Waals surface area (Å²) < 4.78 is 20.1. The number of ether oxygens (including phenoxy) is 1. The molecule has 0 aliphatic heterocycles. The van der Waals surface area contributed by atoms with Crippen molar-refractivity contribution in [1.29, 1.82) is 0 Å². The summed E-state index contributed by atoms with van der Waals surface area (Å²) in [5.41, 5.74) is 0.449. The van der Waals surface area contributed by atoms with Gasteiger partial charge in [-0.1, -0.05) is 47.1 Å². The number of halogens is 3. The Hall–Kier alpha value is -2.49. The number of nitrogen functional groups attached to an aromatic ring is 1. The van der Waals surface area contributed by atoms with E-state index in [1.54, 1.807) is 24.3 Å². The van der Waals surface area contributed by atoms with Crippen molar-refractivity contribution >= 4 is 46.6 Å². The molecule has 0 bridgehead atoms. The molecule has 1 heterocycles. The van der Waals surface area contributed by atoms with Gasteiger partial charge >= 0.3 is 0 Å². The van der Waals surface area contributed by atoms with E-state index < -0.39 is 5.82 Å². The monoisotopic (exact) mass is 441 g/mol. The van der Waals surface area contributed by atoms with E-state index in [0.717, 1.165) is 11.8 Å². The number of nitrogens with one attached hydrogen (secondary N) is 1. The van der Waals surface area contributed by atoms with E-state index in [4.69, 9.17) is 33.8 Å². The van der Waals surface area contributed by atoms with Gasteiger partial charge in [-0.2, -0.15) is 0 Å². The van der Waals surface area contributed by atoms with Crippen LogP contribution in [0.25, 0.3) is 0 Å². The van der Waals surface area contributed by atoms with Crippen molar-refractivity contribution in [3.8, 4) is 5.75 Å². The normalized spacial score (nSPS) is 10.7. The molecule has 3 rings (SSSR count). The Bertz CT molecular complexity index is 1000.